The number of aliphatic hydroxyl groups excluding tert-OH is 6. The van der Waals surface area contributed by atoms with E-state index in [1.807, 2.05) is 0 Å². The first-order chi connectivity index (χ1) is 19.2. The van der Waals surface area contributed by atoms with Crippen LogP contribution in [0.3, 0.4) is 0 Å². The molecule has 40 heavy (non-hydrogen) atoms. The summed E-state index contributed by atoms with van der Waals surface area (Å²) in [6, 6.07) is 0. The van der Waals surface area contributed by atoms with Gasteiger partial charge >= 0.3 is 11.9 Å². The smallest absolute Gasteiger partial charge is 0.378 e. The summed E-state index contributed by atoms with van der Waals surface area (Å²) < 4.78 is 20.3. The Bertz CT molecular complexity index is 785. The number of carbonyl (C=O) groups excluding carboxylic acids is 2. The van der Waals surface area contributed by atoms with E-state index in [-0.39, 0.29) is 6.42 Å². The van der Waals surface area contributed by atoms with E-state index in [0.29, 0.717) is 6.42 Å². The van der Waals surface area contributed by atoms with Gasteiger partial charge in [-0.25, -0.2) is 4.79 Å². The maximum absolute atomic E-state index is 12.2. The SMILES string of the molecule is CCCCCCCCCCCCCCCC(=O)OC[C@H](O)C1OC(=O)C(OC2O[C@H](CO)[C@@H](O)[C@H](O)[C@H]2O)=C1O. The molecule has 0 aromatic heterocycles. The molecule has 0 aromatic rings. The molecule has 0 amide bonds. The first-order valence-electron chi connectivity index (χ1n) is 14.7. The largest absolute Gasteiger partial charge is 0.505 e. The maximum atomic E-state index is 12.2. The molecule has 2 unspecified atom stereocenters. The van der Waals surface area contributed by atoms with E-state index in [1.54, 1.807) is 0 Å². The molecule has 1 fully saturated rings. The molecule has 232 valence electrons. The molecular formula is C28H48O12. The van der Waals surface area contributed by atoms with Crippen LogP contribution in [-0.4, -0.2) is 98.7 Å². The lowest BCUT2D eigenvalue weighted by Crippen LogP contribution is -2.59. The highest BCUT2D eigenvalue weighted by Gasteiger charge is 2.48. The Hall–Kier alpha value is -1.96. The average Bonchev–Trinajstić information content (AvgIpc) is 3.22. The molecule has 2 aliphatic rings. The molecule has 2 aliphatic heterocycles. The lowest BCUT2D eigenvalue weighted by Gasteiger charge is -2.39. The first kappa shape index (κ1) is 34.2. The number of ether oxygens (including phenoxy) is 4. The predicted molar refractivity (Wildman–Crippen MR) is 142 cm³/mol. The van der Waals surface area contributed by atoms with Crippen LogP contribution in [0.4, 0.5) is 0 Å². The van der Waals surface area contributed by atoms with Crippen LogP contribution >= 0.6 is 0 Å². The Morgan fingerprint density at radius 1 is 0.875 bits per heavy atom. The zero-order chi connectivity index (χ0) is 29.5. The molecule has 6 N–H and O–H groups in total. The Balaban J connectivity index is 1.62. The number of carbonyl (C=O) groups is 2. The molecule has 12 heteroatoms. The quantitative estimate of drug-likeness (QED) is 0.0912. The second kappa shape index (κ2) is 18.5. The molecule has 0 aliphatic carbocycles. The Morgan fingerprint density at radius 3 is 1.98 bits per heavy atom. The number of aliphatic hydroxyl groups is 6. The van der Waals surface area contributed by atoms with Crippen molar-refractivity contribution in [1.29, 1.82) is 0 Å². The number of hydrogen-bond donors (Lipinski definition) is 6. The zero-order valence-electron chi connectivity index (χ0n) is 23.5. The van der Waals surface area contributed by atoms with Crippen molar-refractivity contribution in [2.45, 2.75) is 140 Å². The van der Waals surface area contributed by atoms with Crippen molar-refractivity contribution in [3.05, 3.63) is 11.5 Å². The van der Waals surface area contributed by atoms with Crippen molar-refractivity contribution in [3.63, 3.8) is 0 Å². The van der Waals surface area contributed by atoms with Gasteiger partial charge in [0.1, 0.15) is 37.1 Å². The van der Waals surface area contributed by atoms with E-state index < -0.39 is 79.6 Å². The van der Waals surface area contributed by atoms with E-state index >= 15 is 0 Å². The number of esters is 2. The highest BCUT2D eigenvalue weighted by molar-refractivity contribution is 5.89. The summed E-state index contributed by atoms with van der Waals surface area (Å²) in [5.74, 6) is -3.31. The normalized spacial score (nSPS) is 27.5. The zero-order valence-corrected chi connectivity index (χ0v) is 23.5. The van der Waals surface area contributed by atoms with Crippen LogP contribution in [0.25, 0.3) is 0 Å². The number of cyclic esters (lactones) is 1. The van der Waals surface area contributed by atoms with Gasteiger partial charge in [0, 0.05) is 6.42 Å². The van der Waals surface area contributed by atoms with Crippen LogP contribution in [0.15, 0.2) is 11.5 Å². The van der Waals surface area contributed by atoms with Crippen LogP contribution in [0.2, 0.25) is 0 Å². The van der Waals surface area contributed by atoms with E-state index in [9.17, 15) is 40.2 Å². The minimum atomic E-state index is -1.82. The second-order valence-electron chi connectivity index (χ2n) is 10.6. The highest BCUT2D eigenvalue weighted by atomic mass is 16.7. The van der Waals surface area contributed by atoms with Gasteiger partial charge < -0.3 is 49.6 Å². The van der Waals surface area contributed by atoms with E-state index in [1.165, 1.54) is 57.8 Å². The van der Waals surface area contributed by atoms with Crippen molar-refractivity contribution >= 4 is 11.9 Å². The lowest BCUT2D eigenvalue weighted by atomic mass is 9.99. The van der Waals surface area contributed by atoms with Crippen molar-refractivity contribution < 1.29 is 59.2 Å². The average molecular weight is 577 g/mol. The van der Waals surface area contributed by atoms with Crippen LogP contribution in [0.1, 0.15) is 96.8 Å². The third kappa shape index (κ3) is 10.8. The van der Waals surface area contributed by atoms with Crippen molar-refractivity contribution in [1.82, 2.24) is 0 Å². The summed E-state index contributed by atoms with van der Waals surface area (Å²) in [5, 5.41) is 59.7. The summed E-state index contributed by atoms with van der Waals surface area (Å²) in [4.78, 5) is 24.2. The van der Waals surface area contributed by atoms with Gasteiger partial charge in [-0.15, -0.1) is 0 Å². The fourth-order valence-electron chi connectivity index (χ4n) is 4.73. The maximum Gasteiger partial charge on any atom is 0.378 e. The summed E-state index contributed by atoms with van der Waals surface area (Å²) in [6.07, 6.45) is 4.16. The molecule has 1 saturated heterocycles. The molecule has 12 nitrogen and oxygen atoms in total. The minimum absolute atomic E-state index is 0.183. The van der Waals surface area contributed by atoms with Gasteiger partial charge in [0.25, 0.3) is 0 Å². The molecule has 7 atom stereocenters. The summed E-state index contributed by atoms with van der Waals surface area (Å²) in [5.41, 5.74) is 0. The molecular weight excluding hydrogens is 528 g/mol. The third-order valence-corrected chi connectivity index (χ3v) is 7.25. The molecule has 0 bridgehead atoms. The third-order valence-electron chi connectivity index (χ3n) is 7.25. The topological polar surface area (TPSA) is 192 Å². The van der Waals surface area contributed by atoms with Crippen molar-refractivity contribution in [3.8, 4) is 0 Å². The summed E-state index contributed by atoms with van der Waals surface area (Å²) in [7, 11) is 0. The number of hydrogen-bond acceptors (Lipinski definition) is 12. The van der Waals surface area contributed by atoms with E-state index in [4.69, 9.17) is 18.9 Å². The molecule has 0 saturated carbocycles. The van der Waals surface area contributed by atoms with Gasteiger partial charge in [-0.3, -0.25) is 4.79 Å². The van der Waals surface area contributed by atoms with Crippen molar-refractivity contribution in [2.24, 2.45) is 0 Å². The minimum Gasteiger partial charge on any atom is -0.505 e. The standard InChI is InChI=1S/C28H48O12/c1-2-3-4-5-6-7-8-9-10-11-12-13-14-15-20(31)37-17-18(30)25-24(35)26(27(36)39-25)40-28-23(34)22(33)21(32)19(16-29)38-28/h18-19,21-23,25,28-30,32-35H,2-17H2,1H3/t18-,19+,21+,22-,23+,25?,28?/m0/s1. The summed E-state index contributed by atoms with van der Waals surface area (Å²) in [6.45, 7) is 0.973. The van der Waals surface area contributed by atoms with Crippen LogP contribution in [0.5, 0.6) is 0 Å². The lowest BCUT2D eigenvalue weighted by molar-refractivity contribution is -0.291. The Morgan fingerprint density at radius 2 is 1.43 bits per heavy atom. The fraction of sp³-hybridized carbons (Fsp3) is 0.857. The van der Waals surface area contributed by atoms with Crippen LogP contribution < -0.4 is 0 Å². The molecule has 0 radical (unpaired) electrons. The molecule has 0 aromatic carbocycles. The monoisotopic (exact) mass is 576 g/mol. The second-order valence-corrected chi connectivity index (χ2v) is 10.6. The number of unbranched alkanes of at least 4 members (excludes halogenated alkanes) is 12. The van der Waals surface area contributed by atoms with E-state index in [2.05, 4.69) is 6.92 Å². The van der Waals surface area contributed by atoms with Gasteiger partial charge in [-0.1, -0.05) is 84.0 Å². The van der Waals surface area contributed by atoms with Gasteiger partial charge in [-0.05, 0) is 6.42 Å². The summed E-state index contributed by atoms with van der Waals surface area (Å²) >= 11 is 0. The van der Waals surface area contributed by atoms with Crippen LogP contribution in [-0.2, 0) is 28.5 Å². The van der Waals surface area contributed by atoms with Crippen molar-refractivity contribution in [2.75, 3.05) is 13.2 Å². The molecule has 2 heterocycles. The first-order valence-corrected chi connectivity index (χ1v) is 14.7. The Labute approximate surface area is 235 Å². The van der Waals surface area contributed by atoms with Gasteiger partial charge in [0.15, 0.2) is 11.9 Å². The Kier molecular flexibility index (Phi) is 15.8. The molecule has 2 rings (SSSR count). The predicted octanol–water partition coefficient (Wildman–Crippen LogP) is 1.88. The molecule has 0 spiro atoms. The number of rotatable bonds is 20. The highest BCUT2D eigenvalue weighted by Crippen LogP contribution is 2.29. The van der Waals surface area contributed by atoms with Gasteiger partial charge in [-0.2, -0.15) is 0 Å². The van der Waals surface area contributed by atoms with E-state index in [0.717, 1.165) is 19.3 Å². The van der Waals surface area contributed by atoms with Crippen LogP contribution in [0, 0.1) is 0 Å². The van der Waals surface area contributed by atoms with Gasteiger partial charge in [0.05, 0.1) is 6.61 Å². The van der Waals surface area contributed by atoms with Gasteiger partial charge in [0.2, 0.25) is 12.0 Å². The fourth-order valence-corrected chi connectivity index (χ4v) is 4.73.